The molecule has 1 aromatic carbocycles. The van der Waals surface area contributed by atoms with Crippen LogP contribution >= 0.6 is 0 Å². The Morgan fingerprint density at radius 2 is 1.90 bits per heavy atom. The maximum Gasteiger partial charge on any atom is 0.416 e. The van der Waals surface area contributed by atoms with Crippen LogP contribution in [0.2, 0.25) is 0 Å². The second-order valence-electron chi connectivity index (χ2n) is 9.88. The van der Waals surface area contributed by atoms with Crippen molar-refractivity contribution in [3.63, 3.8) is 0 Å². The predicted molar refractivity (Wildman–Crippen MR) is 138 cm³/mol. The largest absolute Gasteiger partial charge is 0.466 e. The molecule has 210 valence electrons. The quantitative estimate of drug-likeness (QED) is 0.368. The van der Waals surface area contributed by atoms with E-state index >= 15 is 0 Å². The number of hydrogen-bond acceptors (Lipinski definition) is 8. The highest BCUT2D eigenvalue weighted by molar-refractivity contribution is 5.98. The minimum absolute atomic E-state index is 0.0268. The first-order valence-corrected chi connectivity index (χ1v) is 13.1. The Bertz CT molecular complexity index is 1320. The molecule has 3 aromatic rings. The third-order valence-electron chi connectivity index (χ3n) is 6.41. The van der Waals surface area contributed by atoms with E-state index in [4.69, 9.17) is 14.2 Å². The first kappa shape index (κ1) is 28.3. The van der Waals surface area contributed by atoms with E-state index in [1.54, 1.807) is 17.9 Å². The topological polar surface area (TPSA) is 102 Å². The molecule has 0 N–H and O–H groups in total. The number of fused-ring (bicyclic) bond motifs is 1. The van der Waals surface area contributed by atoms with Crippen molar-refractivity contribution in [3.8, 4) is 11.3 Å². The van der Waals surface area contributed by atoms with E-state index in [1.165, 1.54) is 6.07 Å². The summed E-state index contributed by atoms with van der Waals surface area (Å²) in [6.07, 6.45) is -3.19. The number of nitrogens with zero attached hydrogens (tertiary/aromatic N) is 5. The lowest BCUT2D eigenvalue weighted by atomic mass is 10.1. The fourth-order valence-corrected chi connectivity index (χ4v) is 4.58. The summed E-state index contributed by atoms with van der Waals surface area (Å²) in [6.45, 7) is 7.96. The Labute approximate surface area is 224 Å². The van der Waals surface area contributed by atoms with Crippen molar-refractivity contribution in [1.82, 2.24) is 20.0 Å². The number of ether oxygens (including phenoxy) is 1. The number of aromatic nitrogens is 3. The summed E-state index contributed by atoms with van der Waals surface area (Å²) in [5.41, 5.74) is -0.110. The van der Waals surface area contributed by atoms with Gasteiger partial charge in [-0.05, 0) is 31.4 Å². The molecule has 0 aliphatic carbocycles. The van der Waals surface area contributed by atoms with Gasteiger partial charge in [-0.2, -0.15) is 18.2 Å². The van der Waals surface area contributed by atoms with Crippen molar-refractivity contribution in [2.75, 3.05) is 37.7 Å². The molecule has 1 fully saturated rings. The highest BCUT2D eigenvalue weighted by atomic mass is 19.4. The monoisotopic (exact) mass is 547 g/mol. The van der Waals surface area contributed by atoms with Gasteiger partial charge in [0.05, 0.1) is 18.6 Å². The summed E-state index contributed by atoms with van der Waals surface area (Å²) in [5.74, 6) is 0.791. The lowest BCUT2D eigenvalue weighted by Gasteiger charge is -2.24. The van der Waals surface area contributed by atoms with Crippen molar-refractivity contribution in [1.29, 1.82) is 0 Å². The highest BCUT2D eigenvalue weighted by Crippen LogP contribution is 2.37. The zero-order valence-corrected chi connectivity index (χ0v) is 22.3. The minimum atomic E-state index is -4.51. The second kappa shape index (κ2) is 12.0. The fraction of sp³-hybridized carbons (Fsp3) is 0.519. The van der Waals surface area contributed by atoms with Crippen molar-refractivity contribution < 1.29 is 32.0 Å². The SMILES string of the molecule is CCOC(=O)CCC(=O)N1CCCN(c2nc(CC(C)C)nc3onc(-c4cccc(C(F)(F)F)c4)c23)CC1. The molecule has 9 nitrogen and oxygen atoms in total. The van der Waals surface area contributed by atoms with Crippen molar-refractivity contribution in [2.45, 2.75) is 52.6 Å². The van der Waals surface area contributed by atoms with Crippen molar-refractivity contribution >= 4 is 28.8 Å². The van der Waals surface area contributed by atoms with Gasteiger partial charge in [0, 0.05) is 44.6 Å². The summed E-state index contributed by atoms with van der Waals surface area (Å²) in [5, 5.41) is 4.54. The summed E-state index contributed by atoms with van der Waals surface area (Å²) >= 11 is 0. The summed E-state index contributed by atoms with van der Waals surface area (Å²) in [7, 11) is 0. The number of esters is 1. The Balaban J connectivity index is 1.66. The lowest BCUT2D eigenvalue weighted by Crippen LogP contribution is -2.35. The van der Waals surface area contributed by atoms with Crippen molar-refractivity contribution in [3.05, 3.63) is 35.7 Å². The summed E-state index contributed by atoms with van der Waals surface area (Å²) in [6, 6.07) is 4.92. The number of amides is 1. The maximum absolute atomic E-state index is 13.4. The molecular formula is C27H32F3N5O4. The molecule has 0 saturated carbocycles. The van der Waals surface area contributed by atoms with Gasteiger partial charge >= 0.3 is 12.1 Å². The van der Waals surface area contributed by atoms with Crippen LogP contribution in [0.25, 0.3) is 22.4 Å². The van der Waals surface area contributed by atoms with E-state index in [9.17, 15) is 22.8 Å². The minimum Gasteiger partial charge on any atom is -0.466 e. The summed E-state index contributed by atoms with van der Waals surface area (Å²) < 4.78 is 50.7. The van der Waals surface area contributed by atoms with E-state index in [2.05, 4.69) is 10.1 Å². The Morgan fingerprint density at radius 3 is 2.62 bits per heavy atom. The normalized spacial score (nSPS) is 14.6. The van der Waals surface area contributed by atoms with Gasteiger partial charge in [-0.3, -0.25) is 9.59 Å². The van der Waals surface area contributed by atoms with Gasteiger partial charge in [0.15, 0.2) is 0 Å². The molecule has 1 aliphatic heterocycles. The number of halogens is 3. The molecule has 3 heterocycles. The zero-order valence-electron chi connectivity index (χ0n) is 22.3. The second-order valence-corrected chi connectivity index (χ2v) is 9.88. The molecule has 1 amide bonds. The van der Waals surface area contributed by atoms with Gasteiger partial charge in [0.1, 0.15) is 22.7 Å². The molecule has 0 atom stereocenters. The lowest BCUT2D eigenvalue weighted by molar-refractivity contribution is -0.145. The molecule has 39 heavy (non-hydrogen) atoms. The van der Waals surface area contributed by atoms with E-state index in [1.807, 2.05) is 18.7 Å². The summed E-state index contributed by atoms with van der Waals surface area (Å²) in [4.78, 5) is 37.5. The van der Waals surface area contributed by atoms with E-state index in [0.717, 1.165) is 12.1 Å². The molecular weight excluding hydrogens is 515 g/mol. The standard InChI is InChI=1S/C27H32F3N5O4/c1-4-38-22(37)10-9-21(36)34-11-6-12-35(14-13-34)25-23-24(18-7-5-8-19(16-18)27(28,29)30)33-39-26(23)32-20(31-25)15-17(2)3/h5,7-8,16-17H,4,6,9-15H2,1-3H3. The van der Waals surface area contributed by atoms with Gasteiger partial charge in [-0.25, -0.2) is 4.98 Å². The predicted octanol–water partition coefficient (Wildman–Crippen LogP) is 4.88. The maximum atomic E-state index is 13.4. The smallest absolute Gasteiger partial charge is 0.416 e. The van der Waals surface area contributed by atoms with E-state index in [0.29, 0.717) is 56.0 Å². The number of carbonyl (C=O) groups is 2. The van der Waals surface area contributed by atoms with Gasteiger partial charge in [0.25, 0.3) is 5.71 Å². The first-order chi connectivity index (χ1) is 18.6. The molecule has 0 unspecified atom stereocenters. The number of alkyl halides is 3. The molecule has 1 aliphatic rings. The Morgan fingerprint density at radius 1 is 1.10 bits per heavy atom. The van der Waals surface area contributed by atoms with Crippen LogP contribution in [0.15, 0.2) is 28.8 Å². The van der Waals surface area contributed by atoms with Crippen LogP contribution in [0, 0.1) is 5.92 Å². The average Bonchev–Trinajstić information content (AvgIpc) is 3.15. The van der Waals surface area contributed by atoms with Crippen LogP contribution in [0.1, 0.15) is 51.4 Å². The fourth-order valence-electron chi connectivity index (χ4n) is 4.58. The molecule has 0 radical (unpaired) electrons. The Hall–Kier alpha value is -3.70. The molecule has 12 heteroatoms. The number of hydrogen-bond donors (Lipinski definition) is 0. The molecule has 2 aromatic heterocycles. The highest BCUT2D eigenvalue weighted by Gasteiger charge is 2.32. The van der Waals surface area contributed by atoms with Crippen LogP contribution in [0.5, 0.6) is 0 Å². The van der Waals surface area contributed by atoms with Crippen LogP contribution < -0.4 is 4.90 Å². The third kappa shape index (κ3) is 6.85. The zero-order chi connectivity index (χ0) is 28.2. The van der Waals surface area contributed by atoms with Crippen LogP contribution in [0.4, 0.5) is 19.0 Å². The number of rotatable bonds is 8. The van der Waals surface area contributed by atoms with Crippen LogP contribution in [0.3, 0.4) is 0 Å². The number of benzene rings is 1. The van der Waals surface area contributed by atoms with Crippen LogP contribution in [-0.4, -0.2) is 64.7 Å². The third-order valence-corrected chi connectivity index (χ3v) is 6.41. The Kier molecular flexibility index (Phi) is 8.71. The number of carbonyl (C=O) groups excluding carboxylic acids is 2. The van der Waals surface area contributed by atoms with Crippen molar-refractivity contribution in [2.24, 2.45) is 5.92 Å². The van der Waals surface area contributed by atoms with Gasteiger partial charge in [-0.1, -0.05) is 31.1 Å². The van der Waals surface area contributed by atoms with Gasteiger partial charge in [-0.15, -0.1) is 0 Å². The molecule has 0 bridgehead atoms. The van der Waals surface area contributed by atoms with Crippen LogP contribution in [-0.2, 0) is 26.9 Å². The molecule has 4 rings (SSSR count). The molecule has 1 saturated heterocycles. The molecule has 0 spiro atoms. The first-order valence-electron chi connectivity index (χ1n) is 13.1. The van der Waals surface area contributed by atoms with Gasteiger partial charge in [0.2, 0.25) is 5.91 Å². The average molecular weight is 548 g/mol. The van der Waals surface area contributed by atoms with Gasteiger partial charge < -0.3 is 19.1 Å². The van der Waals surface area contributed by atoms with E-state index in [-0.39, 0.29) is 48.2 Å². The number of anilines is 1. The van der Waals surface area contributed by atoms with E-state index < -0.39 is 17.7 Å².